The third-order valence-corrected chi connectivity index (χ3v) is 10.5. The van der Waals surface area contributed by atoms with Crippen LogP contribution in [-0.2, 0) is 31.3 Å². The van der Waals surface area contributed by atoms with E-state index in [1.165, 1.54) is 11.6 Å². The number of fused-ring (bicyclic) bond motifs is 6. The minimum Gasteiger partial charge on any atom is -0.509 e. The van der Waals surface area contributed by atoms with Crippen LogP contribution in [0.25, 0.3) is 22.3 Å². The molecule has 0 saturated carbocycles. The molecule has 0 unspecified atom stereocenters. The van der Waals surface area contributed by atoms with E-state index in [4.69, 9.17) is 9.72 Å². The number of rotatable bonds is 5. The van der Waals surface area contributed by atoms with E-state index in [2.05, 4.69) is 143 Å². The molecule has 2 aliphatic heterocycles. The summed E-state index contributed by atoms with van der Waals surface area (Å²) in [5.74, 6) is 1.37. The Morgan fingerprint density at radius 3 is 1.95 bits per heavy atom. The van der Waals surface area contributed by atoms with Gasteiger partial charge in [0.2, 0.25) is 0 Å². The minimum atomic E-state index is -0.332. The van der Waals surface area contributed by atoms with Gasteiger partial charge in [-0.3, -0.25) is 0 Å². The maximum absolute atomic E-state index is 15.2. The molecule has 0 saturated heterocycles. The third kappa shape index (κ3) is 7.12. The van der Waals surface area contributed by atoms with Gasteiger partial charge in [0.1, 0.15) is 11.6 Å². The molecular weight excluding hydrogens is 798 g/mol. The summed E-state index contributed by atoms with van der Waals surface area (Å²) >= 11 is 0. The van der Waals surface area contributed by atoms with Crippen molar-refractivity contribution in [2.45, 2.75) is 52.4 Å². The van der Waals surface area contributed by atoms with E-state index in [0.29, 0.717) is 28.7 Å². The van der Waals surface area contributed by atoms with Crippen LogP contribution in [0.15, 0.2) is 140 Å². The van der Waals surface area contributed by atoms with Gasteiger partial charge in [0, 0.05) is 60.7 Å². The summed E-state index contributed by atoms with van der Waals surface area (Å²) in [6.45, 7) is 15.3. The first-order valence-corrected chi connectivity index (χ1v) is 19.0. The molecule has 0 atom stereocenters. The van der Waals surface area contributed by atoms with Crippen molar-refractivity contribution in [3.63, 3.8) is 0 Å². The molecule has 0 N–H and O–H groups in total. The molecule has 0 amide bonds. The maximum Gasteiger partial charge on any atom is 0.135 e. The van der Waals surface area contributed by atoms with Crippen molar-refractivity contribution >= 4 is 39.9 Å². The molecule has 0 spiro atoms. The van der Waals surface area contributed by atoms with Crippen molar-refractivity contribution in [2.24, 2.45) is 0 Å². The number of halogens is 1. The number of ether oxygens (including phenoxy) is 1. The molecule has 5 nitrogen and oxygen atoms in total. The van der Waals surface area contributed by atoms with Crippen molar-refractivity contribution in [1.82, 2.24) is 4.98 Å². The molecule has 3 heterocycles. The Bertz CT molecular complexity index is 2610. The van der Waals surface area contributed by atoms with Gasteiger partial charge in [-0.25, -0.2) is 9.37 Å². The van der Waals surface area contributed by atoms with Gasteiger partial charge in [-0.2, -0.15) is 12.1 Å². The van der Waals surface area contributed by atoms with Gasteiger partial charge >= 0.3 is 0 Å². The van der Waals surface area contributed by atoms with Crippen molar-refractivity contribution in [2.75, 3.05) is 14.7 Å². The van der Waals surface area contributed by atoms with Gasteiger partial charge < -0.3 is 19.4 Å². The van der Waals surface area contributed by atoms with Gasteiger partial charge in [-0.1, -0.05) is 101 Å². The van der Waals surface area contributed by atoms with Gasteiger partial charge in [0.05, 0.1) is 5.69 Å². The van der Waals surface area contributed by atoms with E-state index in [0.717, 1.165) is 50.6 Å². The zero-order valence-electron chi connectivity index (χ0n) is 32.7. The third-order valence-electron chi connectivity index (χ3n) is 10.5. The zero-order chi connectivity index (χ0) is 38.8. The summed E-state index contributed by atoms with van der Waals surface area (Å²) in [5.41, 5.74) is 11.6. The summed E-state index contributed by atoms with van der Waals surface area (Å²) < 4.78 is 21.9. The average Bonchev–Trinajstić information content (AvgIpc) is 3.53. The van der Waals surface area contributed by atoms with E-state index >= 15 is 4.39 Å². The Morgan fingerprint density at radius 1 is 0.579 bits per heavy atom. The Morgan fingerprint density at radius 2 is 1.23 bits per heavy atom. The van der Waals surface area contributed by atoms with Crippen LogP contribution in [0.3, 0.4) is 0 Å². The van der Waals surface area contributed by atoms with Crippen LogP contribution in [0.2, 0.25) is 0 Å². The summed E-state index contributed by atoms with van der Waals surface area (Å²) in [6.07, 6.45) is 1.82. The average molecular weight is 840 g/mol. The first kappa shape index (κ1) is 38.2. The van der Waals surface area contributed by atoms with Crippen molar-refractivity contribution in [3.8, 4) is 33.8 Å². The molecule has 0 radical (unpaired) electrons. The molecule has 57 heavy (non-hydrogen) atoms. The van der Waals surface area contributed by atoms with Crippen LogP contribution >= 0.6 is 0 Å². The van der Waals surface area contributed by atoms with Crippen molar-refractivity contribution in [1.29, 1.82) is 0 Å². The predicted molar refractivity (Wildman–Crippen MR) is 226 cm³/mol. The summed E-state index contributed by atoms with van der Waals surface area (Å²) in [7, 11) is 0. The fourth-order valence-corrected chi connectivity index (χ4v) is 7.54. The molecular formula is C50H42FN4OPd-3. The molecule has 1 aromatic heterocycles. The summed E-state index contributed by atoms with van der Waals surface area (Å²) in [5, 5.41) is 0. The van der Waals surface area contributed by atoms with E-state index in [-0.39, 0.29) is 37.1 Å². The zero-order valence-corrected chi connectivity index (χ0v) is 34.3. The van der Waals surface area contributed by atoms with Gasteiger partial charge in [0.15, 0.2) is 0 Å². The number of hydrogen-bond acceptors (Lipinski definition) is 5. The van der Waals surface area contributed by atoms with Crippen LogP contribution < -0.4 is 19.4 Å². The van der Waals surface area contributed by atoms with Crippen LogP contribution in [0, 0.1) is 24.6 Å². The first-order chi connectivity index (χ1) is 26.9. The van der Waals surface area contributed by atoms with Crippen LogP contribution in [0.5, 0.6) is 11.5 Å². The van der Waals surface area contributed by atoms with Crippen LogP contribution in [-0.4, -0.2) is 4.98 Å². The number of nitrogens with zero attached hydrogens (tertiary/aromatic N) is 4. The van der Waals surface area contributed by atoms with Gasteiger partial charge in [-0.15, -0.1) is 48.3 Å². The Labute approximate surface area is 349 Å². The van der Waals surface area contributed by atoms with Crippen LogP contribution in [0.4, 0.5) is 44.3 Å². The number of para-hydroxylation sites is 2. The van der Waals surface area contributed by atoms with E-state index < -0.39 is 0 Å². The van der Waals surface area contributed by atoms with Crippen molar-refractivity contribution < 1.29 is 29.6 Å². The van der Waals surface area contributed by atoms with Crippen LogP contribution in [0.1, 0.15) is 52.7 Å². The Balaban J connectivity index is 0.00000455. The van der Waals surface area contributed by atoms with E-state index in [9.17, 15) is 0 Å². The maximum atomic E-state index is 15.2. The molecule has 0 fully saturated rings. The Kier molecular flexibility index (Phi) is 9.80. The van der Waals surface area contributed by atoms with E-state index in [1.54, 1.807) is 6.07 Å². The molecule has 2 aliphatic rings. The second kappa shape index (κ2) is 14.6. The summed E-state index contributed by atoms with van der Waals surface area (Å²) in [6, 6.07) is 51.5. The largest absolute Gasteiger partial charge is 0.509 e. The fourth-order valence-electron chi connectivity index (χ4n) is 7.54. The normalized spacial score (nSPS) is 13.2. The molecule has 0 bridgehead atoms. The van der Waals surface area contributed by atoms with Gasteiger partial charge in [-0.05, 0) is 82.1 Å². The second-order valence-electron chi connectivity index (χ2n) is 16.4. The standard InChI is InChI=1S/C50H42FN4O.Pd/c1-49(2,3)33-18-21-36(22-19-33)53-32-54(45-17-10-9-16-44(45)53)37-12-11-13-38(30-37)56-39-23-25-43-41-15-8-7-14-40(41)42-24-20-35(51)29-46(42)55(47(43)31-39)48-28-34(26-27-52-48)50(4,5)6;/h7-29,32H,1-6H3;/q-3;. The fraction of sp³-hybridized carbons (Fsp3) is 0.160. The SMILES string of the molecule is CC(C)(C)c1ccc(N2[CH-]N(c3[c-]c(Oc4[c-]c5c(cc4)-c4ccccc4-c4ccc(F)cc4N5c4cc(C(C)(C)C)ccn4)ccc3)c3ccccc32)cc1.[Pd]. The van der Waals surface area contributed by atoms with Gasteiger partial charge in [0.25, 0.3) is 0 Å². The van der Waals surface area contributed by atoms with Crippen molar-refractivity contribution in [3.05, 3.63) is 175 Å². The topological polar surface area (TPSA) is 31.8 Å². The number of benzene rings is 6. The molecule has 6 aromatic carbocycles. The Hall–Kier alpha value is -5.74. The predicted octanol–water partition coefficient (Wildman–Crippen LogP) is 13.7. The second-order valence-corrected chi connectivity index (χ2v) is 16.4. The number of hydrogen-bond donors (Lipinski definition) is 0. The number of pyridine rings is 1. The monoisotopic (exact) mass is 839 g/mol. The molecule has 9 rings (SSSR count). The summed E-state index contributed by atoms with van der Waals surface area (Å²) in [4.78, 5) is 11.2. The number of anilines is 7. The molecule has 288 valence electrons. The van der Waals surface area contributed by atoms with E-state index in [1.807, 2.05) is 59.6 Å². The number of aromatic nitrogens is 1. The minimum absolute atomic E-state index is 0. The molecule has 7 heteroatoms. The quantitative estimate of drug-likeness (QED) is 0.127. The smallest absolute Gasteiger partial charge is 0.135 e. The molecule has 7 aromatic rings. The first-order valence-electron chi connectivity index (χ1n) is 19.0. The molecule has 0 aliphatic carbocycles.